The lowest BCUT2D eigenvalue weighted by molar-refractivity contribution is -0.120. The highest BCUT2D eigenvalue weighted by atomic mass is 32.2. The third-order valence-corrected chi connectivity index (χ3v) is 5.61. The van der Waals surface area contributed by atoms with Crippen LogP contribution in [0.15, 0.2) is 53.7 Å². The van der Waals surface area contributed by atoms with Gasteiger partial charge in [-0.1, -0.05) is 36.0 Å². The molecule has 8 heteroatoms. The van der Waals surface area contributed by atoms with E-state index in [-0.39, 0.29) is 17.0 Å². The smallest absolute Gasteiger partial charge is 0.233 e. The second-order valence-corrected chi connectivity index (χ2v) is 7.80. The molecule has 0 saturated heterocycles. The van der Waals surface area contributed by atoms with E-state index in [1.807, 2.05) is 31.2 Å². The molecule has 0 unspecified atom stereocenters. The van der Waals surface area contributed by atoms with Gasteiger partial charge in [0.1, 0.15) is 11.6 Å². The van der Waals surface area contributed by atoms with Gasteiger partial charge in [-0.05, 0) is 43.2 Å². The van der Waals surface area contributed by atoms with E-state index < -0.39 is 0 Å². The van der Waals surface area contributed by atoms with Crippen LogP contribution >= 0.6 is 11.8 Å². The molecule has 6 nitrogen and oxygen atoms in total. The number of carbonyl (C=O) groups excluding carboxylic acids is 1. The number of ether oxygens (including phenoxy) is 1. The molecule has 0 spiro atoms. The first-order chi connectivity index (χ1) is 14.0. The van der Waals surface area contributed by atoms with Crippen LogP contribution in [0.2, 0.25) is 0 Å². The summed E-state index contributed by atoms with van der Waals surface area (Å²) in [6.45, 7) is 2.35. The van der Waals surface area contributed by atoms with E-state index in [2.05, 4.69) is 15.5 Å². The lowest BCUT2D eigenvalue weighted by Crippen LogP contribution is -2.32. The normalized spacial score (nSPS) is 11.9. The highest BCUT2D eigenvalue weighted by Crippen LogP contribution is 2.27. The SMILES string of the molecule is COc1ccc(CCNC(=O)[C@H](C)Sc2nnc(-c3ccccc3F)n2C)cc1. The third kappa shape index (κ3) is 5.14. The van der Waals surface area contributed by atoms with E-state index >= 15 is 0 Å². The van der Waals surface area contributed by atoms with Crippen molar-refractivity contribution in [2.24, 2.45) is 7.05 Å². The summed E-state index contributed by atoms with van der Waals surface area (Å²) >= 11 is 1.29. The molecule has 0 bridgehead atoms. The number of hydrogen-bond acceptors (Lipinski definition) is 5. The van der Waals surface area contributed by atoms with Crippen molar-refractivity contribution in [3.63, 3.8) is 0 Å². The summed E-state index contributed by atoms with van der Waals surface area (Å²) in [5, 5.41) is 11.3. The topological polar surface area (TPSA) is 69.0 Å². The van der Waals surface area contributed by atoms with E-state index in [0.717, 1.165) is 17.7 Å². The number of benzene rings is 2. The molecule has 1 aromatic heterocycles. The summed E-state index contributed by atoms with van der Waals surface area (Å²) in [5.41, 5.74) is 1.50. The molecule has 0 aliphatic heterocycles. The maximum absolute atomic E-state index is 14.0. The molecule has 29 heavy (non-hydrogen) atoms. The minimum Gasteiger partial charge on any atom is -0.497 e. The number of carbonyl (C=O) groups is 1. The first kappa shape index (κ1) is 20.9. The van der Waals surface area contributed by atoms with Crippen molar-refractivity contribution < 1.29 is 13.9 Å². The number of halogens is 1. The largest absolute Gasteiger partial charge is 0.497 e. The Bertz CT molecular complexity index is 975. The van der Waals surface area contributed by atoms with Gasteiger partial charge >= 0.3 is 0 Å². The van der Waals surface area contributed by atoms with Crippen LogP contribution in [0.4, 0.5) is 4.39 Å². The van der Waals surface area contributed by atoms with Crippen LogP contribution in [0.5, 0.6) is 5.75 Å². The Morgan fingerprint density at radius 1 is 1.21 bits per heavy atom. The first-order valence-corrected chi connectivity index (χ1v) is 10.1. The van der Waals surface area contributed by atoms with Gasteiger partial charge in [-0.3, -0.25) is 4.79 Å². The zero-order valence-electron chi connectivity index (χ0n) is 16.6. The Morgan fingerprint density at radius 3 is 2.62 bits per heavy atom. The summed E-state index contributed by atoms with van der Waals surface area (Å²) in [6, 6.07) is 14.2. The number of nitrogens with one attached hydrogen (secondary N) is 1. The van der Waals surface area contributed by atoms with Crippen LogP contribution < -0.4 is 10.1 Å². The lowest BCUT2D eigenvalue weighted by atomic mass is 10.1. The molecule has 3 rings (SSSR count). The molecular weight excluding hydrogens is 391 g/mol. The van der Waals surface area contributed by atoms with Crippen LogP contribution in [0.1, 0.15) is 12.5 Å². The molecule has 0 fully saturated rings. The van der Waals surface area contributed by atoms with Gasteiger partial charge < -0.3 is 14.6 Å². The Hall–Kier alpha value is -2.87. The number of nitrogens with zero attached hydrogens (tertiary/aromatic N) is 3. The van der Waals surface area contributed by atoms with Crippen LogP contribution in [0.3, 0.4) is 0 Å². The van der Waals surface area contributed by atoms with Gasteiger partial charge in [0.05, 0.1) is 17.9 Å². The van der Waals surface area contributed by atoms with Crippen LogP contribution in [-0.2, 0) is 18.3 Å². The number of aromatic nitrogens is 3. The molecule has 3 aromatic rings. The van der Waals surface area contributed by atoms with E-state index in [9.17, 15) is 9.18 Å². The molecule has 1 heterocycles. The fraction of sp³-hybridized carbons (Fsp3) is 0.286. The summed E-state index contributed by atoms with van der Waals surface area (Å²) < 4.78 is 20.9. The van der Waals surface area contributed by atoms with Gasteiger partial charge in [-0.15, -0.1) is 10.2 Å². The zero-order chi connectivity index (χ0) is 20.8. The fourth-order valence-corrected chi connectivity index (χ4v) is 3.61. The minimum absolute atomic E-state index is 0.0843. The monoisotopic (exact) mass is 414 g/mol. The molecule has 152 valence electrons. The number of rotatable bonds is 8. The van der Waals surface area contributed by atoms with Crippen molar-refractivity contribution in [2.45, 2.75) is 23.8 Å². The molecule has 1 atom stereocenters. The Labute approximate surface area is 173 Å². The van der Waals surface area contributed by atoms with Gasteiger partial charge in [0.25, 0.3) is 0 Å². The van der Waals surface area contributed by atoms with E-state index in [4.69, 9.17) is 4.74 Å². The first-order valence-electron chi connectivity index (χ1n) is 9.21. The molecule has 1 amide bonds. The molecular formula is C21H23FN4O2S. The standard InChI is InChI=1S/C21H23FN4O2S/c1-14(20(27)23-13-12-15-8-10-16(28-3)11-9-15)29-21-25-24-19(26(21)2)17-6-4-5-7-18(17)22/h4-11,14H,12-13H2,1-3H3,(H,23,27)/t14-/m0/s1. The number of hydrogen-bond donors (Lipinski definition) is 1. The third-order valence-electron chi connectivity index (χ3n) is 4.47. The average molecular weight is 415 g/mol. The lowest BCUT2D eigenvalue weighted by Gasteiger charge is -2.12. The second-order valence-electron chi connectivity index (χ2n) is 6.49. The van der Waals surface area contributed by atoms with Gasteiger partial charge in [0, 0.05) is 13.6 Å². The zero-order valence-corrected chi connectivity index (χ0v) is 17.4. The number of thioether (sulfide) groups is 1. The predicted molar refractivity (Wildman–Crippen MR) is 111 cm³/mol. The quantitative estimate of drug-likeness (QED) is 0.572. The summed E-state index contributed by atoms with van der Waals surface area (Å²) in [4.78, 5) is 12.4. The maximum atomic E-state index is 14.0. The second kappa shape index (κ2) is 9.56. The highest BCUT2D eigenvalue weighted by Gasteiger charge is 2.20. The van der Waals surface area contributed by atoms with E-state index in [0.29, 0.717) is 23.1 Å². The molecule has 0 aliphatic carbocycles. The van der Waals surface area contributed by atoms with Crippen LogP contribution in [-0.4, -0.2) is 39.6 Å². The predicted octanol–water partition coefficient (Wildman–Crippen LogP) is 3.47. The van der Waals surface area contributed by atoms with Crippen molar-refractivity contribution in [3.05, 3.63) is 59.9 Å². The van der Waals surface area contributed by atoms with Gasteiger partial charge in [-0.25, -0.2) is 4.39 Å². The maximum Gasteiger partial charge on any atom is 0.233 e. The fourth-order valence-electron chi connectivity index (χ4n) is 2.77. The summed E-state index contributed by atoms with van der Waals surface area (Å²) in [7, 11) is 3.39. The average Bonchev–Trinajstić information content (AvgIpc) is 3.08. The Balaban J connectivity index is 1.55. The molecule has 1 N–H and O–H groups in total. The van der Waals surface area contributed by atoms with Crippen LogP contribution in [0.25, 0.3) is 11.4 Å². The van der Waals surface area contributed by atoms with Gasteiger partial charge in [-0.2, -0.15) is 0 Å². The molecule has 0 saturated carbocycles. The Kier molecular flexibility index (Phi) is 6.87. The summed E-state index contributed by atoms with van der Waals surface area (Å²) in [5.74, 6) is 0.793. The molecule has 2 aromatic carbocycles. The minimum atomic E-state index is -0.359. The van der Waals surface area contributed by atoms with Crippen molar-refractivity contribution in [1.29, 1.82) is 0 Å². The number of methoxy groups -OCH3 is 1. The van der Waals surface area contributed by atoms with Crippen molar-refractivity contribution in [1.82, 2.24) is 20.1 Å². The van der Waals surface area contributed by atoms with Crippen molar-refractivity contribution >= 4 is 17.7 Å². The van der Waals surface area contributed by atoms with E-state index in [1.165, 1.54) is 17.8 Å². The van der Waals surface area contributed by atoms with Crippen molar-refractivity contribution in [2.75, 3.05) is 13.7 Å². The van der Waals surface area contributed by atoms with Crippen LogP contribution in [0, 0.1) is 5.82 Å². The van der Waals surface area contributed by atoms with Gasteiger partial charge in [0.15, 0.2) is 11.0 Å². The van der Waals surface area contributed by atoms with E-state index in [1.54, 1.807) is 36.9 Å². The summed E-state index contributed by atoms with van der Waals surface area (Å²) in [6.07, 6.45) is 0.731. The highest BCUT2D eigenvalue weighted by molar-refractivity contribution is 8.00. The molecule has 0 radical (unpaired) electrons. The molecule has 0 aliphatic rings. The Morgan fingerprint density at radius 2 is 1.93 bits per heavy atom. The van der Waals surface area contributed by atoms with Crippen molar-refractivity contribution in [3.8, 4) is 17.1 Å². The number of amides is 1. The van der Waals surface area contributed by atoms with Gasteiger partial charge in [0.2, 0.25) is 5.91 Å².